The van der Waals surface area contributed by atoms with Gasteiger partial charge in [-0.2, -0.15) is 0 Å². The van der Waals surface area contributed by atoms with Crippen LogP contribution in [0.5, 0.6) is 0 Å². The molecule has 0 aromatic carbocycles. The zero-order valence-corrected chi connectivity index (χ0v) is 5.72. The van der Waals surface area contributed by atoms with E-state index in [1.54, 1.807) is 0 Å². The first kappa shape index (κ1) is 4.84. The second-order valence-corrected chi connectivity index (χ2v) is 3.75. The molecule has 0 aliphatic heterocycles. The fraction of sp³-hybridized carbons (Fsp3) is 1.00. The Kier molecular flexibility index (Phi) is 0.778. The van der Waals surface area contributed by atoms with E-state index in [1.807, 2.05) is 0 Å². The summed E-state index contributed by atoms with van der Waals surface area (Å²) in [5.41, 5.74) is 0. The van der Waals surface area contributed by atoms with Gasteiger partial charge in [0.05, 0.1) is 0 Å². The molecule has 2 saturated carbocycles. The Morgan fingerprint density at radius 3 is 1.38 bits per heavy atom. The third-order valence-corrected chi connectivity index (χ3v) is 3.30. The summed E-state index contributed by atoms with van der Waals surface area (Å²) in [5.74, 6) is 4.47. The zero-order chi connectivity index (χ0) is 5.72. The van der Waals surface area contributed by atoms with Crippen LogP contribution in [0.3, 0.4) is 0 Å². The number of rotatable bonds is 0. The quantitative estimate of drug-likeness (QED) is 0.449. The van der Waals surface area contributed by atoms with Crippen LogP contribution in [0.15, 0.2) is 0 Å². The Morgan fingerprint density at radius 1 is 0.875 bits per heavy atom. The van der Waals surface area contributed by atoms with E-state index in [1.165, 1.54) is 12.8 Å². The number of hydrogen-bond acceptors (Lipinski definition) is 0. The molecule has 0 radical (unpaired) electrons. The van der Waals surface area contributed by atoms with E-state index in [4.69, 9.17) is 0 Å². The molecule has 2 aliphatic carbocycles. The van der Waals surface area contributed by atoms with Crippen molar-refractivity contribution in [3.63, 3.8) is 0 Å². The summed E-state index contributed by atoms with van der Waals surface area (Å²) in [4.78, 5) is 0. The van der Waals surface area contributed by atoms with E-state index < -0.39 is 0 Å². The zero-order valence-electron chi connectivity index (χ0n) is 5.72. The van der Waals surface area contributed by atoms with Crippen LogP contribution in [0.2, 0.25) is 0 Å². The van der Waals surface area contributed by atoms with Gasteiger partial charge in [0.1, 0.15) is 0 Å². The first-order chi connectivity index (χ1) is 3.79. The SMILES string of the molecule is C[C@@H]1CC2C1C[C@H]2C. The molecule has 4 atom stereocenters. The van der Waals surface area contributed by atoms with Crippen molar-refractivity contribution in [2.24, 2.45) is 23.7 Å². The first-order valence-electron chi connectivity index (χ1n) is 3.79. The normalized spacial score (nSPS) is 60.8. The predicted octanol–water partition coefficient (Wildman–Crippen LogP) is 2.30. The van der Waals surface area contributed by atoms with Crippen molar-refractivity contribution < 1.29 is 0 Å². The molecule has 2 fully saturated rings. The van der Waals surface area contributed by atoms with Gasteiger partial charge < -0.3 is 0 Å². The van der Waals surface area contributed by atoms with E-state index in [-0.39, 0.29) is 0 Å². The Balaban J connectivity index is 1.96. The van der Waals surface area contributed by atoms with Gasteiger partial charge in [-0.15, -0.1) is 0 Å². The summed E-state index contributed by atoms with van der Waals surface area (Å²) in [6.45, 7) is 4.79. The Bertz CT molecular complexity index is 92.6. The minimum atomic E-state index is 1.08. The molecule has 0 aromatic heterocycles. The summed E-state index contributed by atoms with van der Waals surface area (Å²) in [6.07, 6.45) is 3.07. The van der Waals surface area contributed by atoms with Gasteiger partial charge in [0.15, 0.2) is 0 Å². The van der Waals surface area contributed by atoms with Crippen LogP contribution in [-0.2, 0) is 0 Å². The van der Waals surface area contributed by atoms with Crippen LogP contribution in [0.1, 0.15) is 26.7 Å². The highest BCUT2D eigenvalue weighted by molar-refractivity contribution is 4.98. The Labute approximate surface area is 51.3 Å². The van der Waals surface area contributed by atoms with Crippen LogP contribution in [0, 0.1) is 23.7 Å². The molecule has 0 aromatic rings. The van der Waals surface area contributed by atoms with E-state index >= 15 is 0 Å². The Morgan fingerprint density at radius 2 is 1.25 bits per heavy atom. The van der Waals surface area contributed by atoms with Gasteiger partial charge in [-0.3, -0.25) is 0 Å². The standard InChI is InChI=1S/C8H14/c1-5-3-8-6(2)4-7(5)8/h5-8H,3-4H2,1-2H3/t5-,6-,7?,8?/m1/s1. The van der Waals surface area contributed by atoms with Gasteiger partial charge in [0.25, 0.3) is 0 Å². The van der Waals surface area contributed by atoms with E-state index in [0.717, 1.165) is 23.7 Å². The highest BCUT2D eigenvalue weighted by atomic mass is 14.5. The topological polar surface area (TPSA) is 0 Å². The van der Waals surface area contributed by atoms with E-state index in [9.17, 15) is 0 Å². The van der Waals surface area contributed by atoms with Crippen molar-refractivity contribution in [3.8, 4) is 0 Å². The molecule has 2 aliphatic rings. The molecular weight excluding hydrogens is 96.1 g/mol. The first-order valence-corrected chi connectivity index (χ1v) is 3.79. The smallest absolute Gasteiger partial charge is 0.0355 e. The maximum atomic E-state index is 2.40. The minimum Gasteiger partial charge on any atom is -0.0622 e. The molecule has 0 N–H and O–H groups in total. The molecule has 0 bridgehead atoms. The highest BCUT2D eigenvalue weighted by Gasteiger charge is 2.49. The summed E-state index contributed by atoms with van der Waals surface area (Å²) < 4.78 is 0. The second kappa shape index (κ2) is 1.29. The van der Waals surface area contributed by atoms with Gasteiger partial charge in [0.2, 0.25) is 0 Å². The van der Waals surface area contributed by atoms with Crippen molar-refractivity contribution in [1.29, 1.82) is 0 Å². The van der Waals surface area contributed by atoms with E-state index in [0.29, 0.717) is 0 Å². The summed E-state index contributed by atoms with van der Waals surface area (Å²) in [5, 5.41) is 0. The maximum Gasteiger partial charge on any atom is -0.0355 e. The molecule has 0 spiro atoms. The van der Waals surface area contributed by atoms with Gasteiger partial charge in [-0.05, 0) is 36.5 Å². The fourth-order valence-corrected chi connectivity index (χ4v) is 2.47. The summed E-state index contributed by atoms with van der Waals surface area (Å²) in [7, 11) is 0. The van der Waals surface area contributed by atoms with Crippen LogP contribution in [0.4, 0.5) is 0 Å². The third-order valence-electron chi connectivity index (χ3n) is 3.30. The molecule has 8 heavy (non-hydrogen) atoms. The minimum absolute atomic E-state index is 1.08. The molecule has 2 rings (SSSR count). The van der Waals surface area contributed by atoms with Crippen molar-refractivity contribution in [2.45, 2.75) is 26.7 Å². The maximum absolute atomic E-state index is 2.40. The van der Waals surface area contributed by atoms with Crippen LogP contribution < -0.4 is 0 Å². The van der Waals surface area contributed by atoms with Gasteiger partial charge in [0, 0.05) is 0 Å². The molecule has 0 heteroatoms. The van der Waals surface area contributed by atoms with Gasteiger partial charge in [-0.1, -0.05) is 13.8 Å². The van der Waals surface area contributed by atoms with Crippen LogP contribution >= 0.6 is 0 Å². The lowest BCUT2D eigenvalue weighted by atomic mass is 9.49. The average Bonchev–Trinajstić information content (AvgIpc) is 1.76. The van der Waals surface area contributed by atoms with Crippen molar-refractivity contribution in [3.05, 3.63) is 0 Å². The predicted molar refractivity (Wildman–Crippen MR) is 34.5 cm³/mol. The third kappa shape index (κ3) is 0.375. The van der Waals surface area contributed by atoms with Crippen molar-refractivity contribution in [2.75, 3.05) is 0 Å². The fourth-order valence-electron chi connectivity index (χ4n) is 2.47. The molecule has 46 valence electrons. The van der Waals surface area contributed by atoms with Crippen LogP contribution in [0.25, 0.3) is 0 Å². The van der Waals surface area contributed by atoms with Gasteiger partial charge >= 0.3 is 0 Å². The molecular formula is C8H14. The molecule has 0 amide bonds. The van der Waals surface area contributed by atoms with Crippen LogP contribution in [-0.4, -0.2) is 0 Å². The monoisotopic (exact) mass is 110 g/mol. The molecule has 2 unspecified atom stereocenters. The molecule has 0 heterocycles. The lowest BCUT2D eigenvalue weighted by Crippen LogP contribution is -2.48. The second-order valence-electron chi connectivity index (χ2n) is 3.75. The van der Waals surface area contributed by atoms with Crippen molar-refractivity contribution in [1.82, 2.24) is 0 Å². The summed E-state index contributed by atoms with van der Waals surface area (Å²) in [6, 6.07) is 0. The lowest BCUT2D eigenvalue weighted by Gasteiger charge is -2.56. The van der Waals surface area contributed by atoms with Crippen molar-refractivity contribution >= 4 is 0 Å². The molecule has 0 nitrogen and oxygen atoms in total. The summed E-state index contributed by atoms with van der Waals surface area (Å²) >= 11 is 0. The number of fused-ring (bicyclic) bond motifs is 1. The molecule has 0 saturated heterocycles. The number of hydrogen-bond donors (Lipinski definition) is 0. The largest absolute Gasteiger partial charge is 0.0622 e. The van der Waals surface area contributed by atoms with Gasteiger partial charge in [-0.25, -0.2) is 0 Å². The Hall–Kier alpha value is 0. The average molecular weight is 110 g/mol. The highest BCUT2D eigenvalue weighted by Crippen LogP contribution is 2.57. The lowest BCUT2D eigenvalue weighted by molar-refractivity contribution is -0.0699. The van der Waals surface area contributed by atoms with E-state index in [2.05, 4.69) is 13.8 Å².